The fraction of sp³-hybridized carbons (Fsp3) is 0.333. The molecule has 1 aromatic rings. The monoisotopic (exact) mass is 235 g/mol. The number of nitrogens with two attached hydrogens (primary N) is 1. The molecule has 0 spiro atoms. The van der Waals surface area contributed by atoms with Crippen LogP contribution in [0.15, 0.2) is 24.3 Å². The molecule has 0 aliphatic heterocycles. The van der Waals surface area contributed by atoms with Gasteiger partial charge in [0.2, 0.25) is 11.8 Å². The van der Waals surface area contributed by atoms with Crippen LogP contribution < -0.4 is 16.4 Å². The molecule has 5 nitrogen and oxygen atoms in total. The van der Waals surface area contributed by atoms with Crippen LogP contribution in [0.4, 0.5) is 0 Å². The second-order valence-electron chi connectivity index (χ2n) is 3.66. The Hall–Kier alpha value is -1.88. The fourth-order valence-electron chi connectivity index (χ4n) is 1.39. The molecule has 0 heterocycles. The first kappa shape index (κ1) is 13.2. The predicted octanol–water partition coefficient (Wildman–Crippen LogP) is -0.102. The molecule has 0 saturated heterocycles. The van der Waals surface area contributed by atoms with Crippen molar-refractivity contribution in [1.29, 1.82) is 0 Å². The summed E-state index contributed by atoms with van der Waals surface area (Å²) < 4.78 is 0. The Bertz CT molecular complexity index is 404. The van der Waals surface area contributed by atoms with Crippen molar-refractivity contribution < 1.29 is 9.59 Å². The zero-order valence-electron chi connectivity index (χ0n) is 9.82. The molecule has 17 heavy (non-hydrogen) atoms. The van der Waals surface area contributed by atoms with Crippen molar-refractivity contribution in [2.75, 3.05) is 6.54 Å². The summed E-state index contributed by atoms with van der Waals surface area (Å²) in [6.45, 7) is 2.24. The van der Waals surface area contributed by atoms with Gasteiger partial charge in [-0.15, -0.1) is 0 Å². The topological polar surface area (TPSA) is 84.2 Å². The first-order chi connectivity index (χ1) is 8.13. The molecule has 0 aromatic heterocycles. The van der Waals surface area contributed by atoms with Crippen molar-refractivity contribution in [3.05, 3.63) is 35.4 Å². The fourth-order valence-corrected chi connectivity index (χ4v) is 1.39. The standard InChI is InChI=1S/C12H17N3O2/c1-9(16)14-8-12(17)15-7-11-5-3-2-4-10(11)6-13/h2-5H,6-8,13H2,1H3,(H,14,16)(H,15,17). The summed E-state index contributed by atoms with van der Waals surface area (Å²) in [5.74, 6) is -0.436. The van der Waals surface area contributed by atoms with Gasteiger partial charge in [-0.25, -0.2) is 0 Å². The predicted molar refractivity (Wildman–Crippen MR) is 64.9 cm³/mol. The van der Waals surface area contributed by atoms with Crippen LogP contribution in [0.2, 0.25) is 0 Å². The first-order valence-corrected chi connectivity index (χ1v) is 5.41. The highest BCUT2D eigenvalue weighted by Gasteiger charge is 2.04. The maximum atomic E-state index is 11.4. The third kappa shape index (κ3) is 4.65. The Morgan fingerprint density at radius 1 is 1.18 bits per heavy atom. The average Bonchev–Trinajstić information content (AvgIpc) is 2.34. The van der Waals surface area contributed by atoms with Crippen molar-refractivity contribution in [2.45, 2.75) is 20.0 Å². The number of hydrogen-bond donors (Lipinski definition) is 3. The SMILES string of the molecule is CC(=O)NCC(=O)NCc1ccccc1CN. The van der Waals surface area contributed by atoms with Gasteiger partial charge in [0.25, 0.3) is 0 Å². The molecule has 1 aromatic carbocycles. The molecular formula is C12H17N3O2. The van der Waals surface area contributed by atoms with Gasteiger partial charge in [-0.05, 0) is 11.1 Å². The minimum atomic E-state index is -0.220. The van der Waals surface area contributed by atoms with E-state index in [-0.39, 0.29) is 18.4 Å². The number of rotatable bonds is 5. The molecule has 0 unspecified atom stereocenters. The van der Waals surface area contributed by atoms with E-state index in [1.165, 1.54) is 6.92 Å². The Morgan fingerprint density at radius 2 is 1.82 bits per heavy atom. The first-order valence-electron chi connectivity index (χ1n) is 5.41. The molecule has 0 fully saturated rings. The zero-order valence-corrected chi connectivity index (χ0v) is 9.82. The van der Waals surface area contributed by atoms with Gasteiger partial charge in [-0.3, -0.25) is 9.59 Å². The van der Waals surface area contributed by atoms with Crippen LogP contribution in [0, 0.1) is 0 Å². The maximum absolute atomic E-state index is 11.4. The molecule has 1 rings (SSSR count). The van der Waals surface area contributed by atoms with Crippen molar-refractivity contribution in [3.63, 3.8) is 0 Å². The maximum Gasteiger partial charge on any atom is 0.239 e. The lowest BCUT2D eigenvalue weighted by atomic mass is 10.1. The van der Waals surface area contributed by atoms with Crippen LogP contribution in [-0.2, 0) is 22.7 Å². The molecule has 0 saturated carbocycles. The van der Waals surface area contributed by atoms with Crippen LogP contribution in [0.25, 0.3) is 0 Å². The lowest BCUT2D eigenvalue weighted by Gasteiger charge is -2.09. The Morgan fingerprint density at radius 3 is 2.41 bits per heavy atom. The average molecular weight is 235 g/mol. The minimum Gasteiger partial charge on any atom is -0.350 e. The third-order valence-electron chi connectivity index (χ3n) is 2.31. The van der Waals surface area contributed by atoms with E-state index < -0.39 is 0 Å². The molecule has 0 aliphatic rings. The Balaban J connectivity index is 2.44. The van der Waals surface area contributed by atoms with E-state index in [2.05, 4.69) is 10.6 Å². The summed E-state index contributed by atoms with van der Waals surface area (Å²) in [5.41, 5.74) is 7.58. The van der Waals surface area contributed by atoms with Gasteiger partial charge in [-0.2, -0.15) is 0 Å². The molecule has 2 amide bonds. The highest BCUT2D eigenvalue weighted by Crippen LogP contribution is 2.06. The van der Waals surface area contributed by atoms with Gasteiger partial charge < -0.3 is 16.4 Å². The van der Waals surface area contributed by atoms with Crippen molar-refractivity contribution in [1.82, 2.24) is 10.6 Å². The molecule has 0 atom stereocenters. The summed E-state index contributed by atoms with van der Waals surface area (Å²) in [6, 6.07) is 7.65. The molecular weight excluding hydrogens is 218 g/mol. The second kappa shape index (κ2) is 6.65. The number of carbonyl (C=O) groups is 2. The van der Waals surface area contributed by atoms with Crippen molar-refractivity contribution >= 4 is 11.8 Å². The zero-order chi connectivity index (χ0) is 12.7. The van der Waals surface area contributed by atoms with Gasteiger partial charge in [0.15, 0.2) is 0 Å². The number of carbonyl (C=O) groups excluding carboxylic acids is 2. The number of hydrogen-bond acceptors (Lipinski definition) is 3. The highest BCUT2D eigenvalue weighted by molar-refractivity contribution is 5.83. The summed E-state index contributed by atoms with van der Waals surface area (Å²) in [4.78, 5) is 22.0. The van der Waals surface area contributed by atoms with E-state index in [1.54, 1.807) is 0 Å². The summed E-state index contributed by atoms with van der Waals surface area (Å²) in [5, 5.41) is 5.15. The van der Waals surface area contributed by atoms with Gasteiger partial charge in [0, 0.05) is 20.0 Å². The van der Waals surface area contributed by atoms with Gasteiger partial charge >= 0.3 is 0 Å². The summed E-state index contributed by atoms with van der Waals surface area (Å²) >= 11 is 0. The van der Waals surface area contributed by atoms with E-state index >= 15 is 0 Å². The van der Waals surface area contributed by atoms with E-state index in [0.717, 1.165) is 11.1 Å². The highest BCUT2D eigenvalue weighted by atomic mass is 16.2. The smallest absolute Gasteiger partial charge is 0.239 e. The van der Waals surface area contributed by atoms with Crippen molar-refractivity contribution in [3.8, 4) is 0 Å². The number of amides is 2. The largest absolute Gasteiger partial charge is 0.350 e. The van der Waals surface area contributed by atoms with Crippen LogP contribution in [-0.4, -0.2) is 18.4 Å². The molecule has 92 valence electrons. The van der Waals surface area contributed by atoms with Gasteiger partial charge in [-0.1, -0.05) is 24.3 Å². The second-order valence-corrected chi connectivity index (χ2v) is 3.66. The van der Waals surface area contributed by atoms with Gasteiger partial charge in [0.1, 0.15) is 0 Å². The number of nitrogens with one attached hydrogen (secondary N) is 2. The quantitative estimate of drug-likeness (QED) is 0.666. The van der Waals surface area contributed by atoms with E-state index in [0.29, 0.717) is 13.1 Å². The lowest BCUT2D eigenvalue weighted by Crippen LogP contribution is -2.35. The van der Waals surface area contributed by atoms with Crippen LogP contribution in [0.5, 0.6) is 0 Å². The summed E-state index contributed by atoms with van der Waals surface area (Å²) in [7, 11) is 0. The van der Waals surface area contributed by atoms with Gasteiger partial charge in [0.05, 0.1) is 6.54 Å². The molecule has 5 heteroatoms. The van der Waals surface area contributed by atoms with E-state index in [9.17, 15) is 9.59 Å². The molecule has 0 bridgehead atoms. The molecule has 0 radical (unpaired) electrons. The lowest BCUT2D eigenvalue weighted by molar-refractivity contribution is -0.125. The van der Waals surface area contributed by atoms with Crippen molar-refractivity contribution in [2.24, 2.45) is 5.73 Å². The minimum absolute atomic E-state index is 0.000124. The normalized spacial score (nSPS) is 9.76. The van der Waals surface area contributed by atoms with Crippen LogP contribution >= 0.6 is 0 Å². The van der Waals surface area contributed by atoms with Crippen LogP contribution in [0.3, 0.4) is 0 Å². The van der Waals surface area contributed by atoms with E-state index in [4.69, 9.17) is 5.73 Å². The molecule has 0 aliphatic carbocycles. The Kier molecular flexibility index (Phi) is 5.16. The van der Waals surface area contributed by atoms with E-state index in [1.807, 2.05) is 24.3 Å². The Labute approximate surface area is 100 Å². The van der Waals surface area contributed by atoms with Crippen LogP contribution in [0.1, 0.15) is 18.1 Å². The third-order valence-corrected chi connectivity index (χ3v) is 2.31. The molecule has 4 N–H and O–H groups in total. The summed E-state index contributed by atoms with van der Waals surface area (Å²) in [6.07, 6.45) is 0. The number of benzene rings is 1.